The van der Waals surface area contributed by atoms with E-state index in [-0.39, 0.29) is 0 Å². The summed E-state index contributed by atoms with van der Waals surface area (Å²) in [5.41, 5.74) is 4.46. The van der Waals surface area contributed by atoms with Gasteiger partial charge in [0.25, 0.3) is 0 Å². The van der Waals surface area contributed by atoms with Gasteiger partial charge in [-0.05, 0) is 61.3 Å². The largest absolute Gasteiger partial charge is 0.361 e. The quantitative estimate of drug-likeness (QED) is 0.508. The van der Waals surface area contributed by atoms with Gasteiger partial charge in [-0.25, -0.2) is 0 Å². The predicted octanol–water partition coefficient (Wildman–Crippen LogP) is 6.27. The fourth-order valence-corrected chi connectivity index (χ4v) is 4.41. The number of aromatic amines is 1. The SMILES string of the molecule is Cc1ccc(NC(=S)N(Cc2c[nH]c3ccccc23)C2CCCC2)cc1Cl. The van der Waals surface area contributed by atoms with Crippen LogP contribution in [-0.2, 0) is 6.54 Å². The van der Waals surface area contributed by atoms with Gasteiger partial charge in [0.2, 0.25) is 0 Å². The molecule has 0 atom stereocenters. The molecule has 0 spiro atoms. The van der Waals surface area contributed by atoms with E-state index < -0.39 is 0 Å². The molecule has 0 aliphatic heterocycles. The Balaban J connectivity index is 1.58. The van der Waals surface area contributed by atoms with Crippen molar-refractivity contribution < 1.29 is 0 Å². The molecule has 2 N–H and O–H groups in total. The first-order valence-electron chi connectivity index (χ1n) is 9.50. The van der Waals surface area contributed by atoms with Gasteiger partial charge in [0.05, 0.1) is 0 Å². The molecule has 0 bridgehead atoms. The maximum absolute atomic E-state index is 6.28. The fraction of sp³-hybridized carbons (Fsp3) is 0.318. The minimum Gasteiger partial charge on any atom is -0.361 e. The Morgan fingerprint density at radius 2 is 2.00 bits per heavy atom. The molecule has 0 saturated heterocycles. The Kier molecular flexibility index (Phi) is 5.37. The molecule has 3 nitrogen and oxygen atoms in total. The molecule has 1 saturated carbocycles. The summed E-state index contributed by atoms with van der Waals surface area (Å²) in [6.45, 7) is 2.81. The van der Waals surface area contributed by atoms with Gasteiger partial charge >= 0.3 is 0 Å². The average molecular weight is 398 g/mol. The Bertz CT molecular complexity index is 959. The van der Waals surface area contributed by atoms with Crippen LogP contribution in [0.25, 0.3) is 10.9 Å². The van der Waals surface area contributed by atoms with Crippen LogP contribution in [0.3, 0.4) is 0 Å². The number of hydrogen-bond acceptors (Lipinski definition) is 1. The van der Waals surface area contributed by atoms with Crippen molar-refractivity contribution in [2.45, 2.75) is 45.2 Å². The number of thiocarbonyl (C=S) groups is 1. The number of nitrogens with zero attached hydrogens (tertiary/aromatic N) is 1. The molecule has 0 radical (unpaired) electrons. The topological polar surface area (TPSA) is 31.1 Å². The number of para-hydroxylation sites is 1. The zero-order valence-electron chi connectivity index (χ0n) is 15.5. The van der Waals surface area contributed by atoms with Gasteiger partial charge in [-0.1, -0.05) is 48.7 Å². The highest BCUT2D eigenvalue weighted by Crippen LogP contribution is 2.28. The minimum atomic E-state index is 0.486. The Hall–Kier alpha value is -2.04. The van der Waals surface area contributed by atoms with Crippen LogP contribution in [0, 0.1) is 6.92 Å². The number of hydrogen-bond donors (Lipinski definition) is 2. The molecule has 0 unspecified atom stereocenters. The lowest BCUT2D eigenvalue weighted by molar-refractivity contribution is 0.313. The van der Waals surface area contributed by atoms with Crippen molar-refractivity contribution in [3.8, 4) is 0 Å². The molecule has 4 rings (SSSR count). The third kappa shape index (κ3) is 3.97. The Labute approximate surface area is 170 Å². The highest BCUT2D eigenvalue weighted by Gasteiger charge is 2.25. The first-order chi connectivity index (χ1) is 13.1. The summed E-state index contributed by atoms with van der Waals surface area (Å²) in [6, 6.07) is 14.9. The molecule has 1 fully saturated rings. The third-order valence-electron chi connectivity index (χ3n) is 5.47. The summed E-state index contributed by atoms with van der Waals surface area (Å²) < 4.78 is 0. The predicted molar refractivity (Wildman–Crippen MR) is 119 cm³/mol. The van der Waals surface area contributed by atoms with E-state index in [0.717, 1.165) is 27.9 Å². The second kappa shape index (κ2) is 7.91. The van der Waals surface area contributed by atoms with Crippen LogP contribution >= 0.6 is 23.8 Å². The van der Waals surface area contributed by atoms with Crippen molar-refractivity contribution in [2.24, 2.45) is 0 Å². The molecule has 0 amide bonds. The van der Waals surface area contributed by atoms with Crippen LogP contribution in [0.5, 0.6) is 0 Å². The fourth-order valence-electron chi connectivity index (χ4n) is 3.89. The molecular formula is C22H24ClN3S. The lowest BCUT2D eigenvalue weighted by Gasteiger charge is -2.31. The van der Waals surface area contributed by atoms with Crippen LogP contribution in [-0.4, -0.2) is 21.0 Å². The van der Waals surface area contributed by atoms with Crippen molar-refractivity contribution in [2.75, 3.05) is 5.32 Å². The summed E-state index contributed by atoms with van der Waals surface area (Å²) in [5.74, 6) is 0. The van der Waals surface area contributed by atoms with Crippen LogP contribution in [0.15, 0.2) is 48.7 Å². The highest BCUT2D eigenvalue weighted by molar-refractivity contribution is 7.80. The smallest absolute Gasteiger partial charge is 0.173 e. The maximum Gasteiger partial charge on any atom is 0.173 e. The number of aryl methyl sites for hydroxylation is 1. The maximum atomic E-state index is 6.28. The monoisotopic (exact) mass is 397 g/mol. The molecule has 5 heteroatoms. The number of anilines is 1. The molecule has 2 aromatic carbocycles. The first kappa shape index (κ1) is 18.3. The van der Waals surface area contributed by atoms with Gasteiger partial charge in [0.1, 0.15) is 0 Å². The van der Waals surface area contributed by atoms with Gasteiger partial charge in [-0.15, -0.1) is 0 Å². The summed E-state index contributed by atoms with van der Waals surface area (Å²) in [6.07, 6.45) is 7.04. The van der Waals surface area contributed by atoms with E-state index in [0.29, 0.717) is 6.04 Å². The van der Waals surface area contributed by atoms with Crippen LogP contribution in [0.4, 0.5) is 5.69 Å². The van der Waals surface area contributed by atoms with Crippen LogP contribution in [0.2, 0.25) is 5.02 Å². The summed E-state index contributed by atoms with van der Waals surface area (Å²) >= 11 is 12.1. The molecular weight excluding hydrogens is 374 g/mol. The second-order valence-corrected chi connectivity index (χ2v) is 8.11. The van der Waals surface area contributed by atoms with E-state index in [9.17, 15) is 0 Å². The lowest BCUT2D eigenvalue weighted by Crippen LogP contribution is -2.40. The van der Waals surface area contributed by atoms with Gasteiger partial charge in [-0.2, -0.15) is 0 Å². The van der Waals surface area contributed by atoms with Gasteiger partial charge < -0.3 is 15.2 Å². The molecule has 27 heavy (non-hydrogen) atoms. The number of rotatable bonds is 4. The van der Waals surface area contributed by atoms with Crippen LogP contribution < -0.4 is 5.32 Å². The molecule has 3 aromatic rings. The molecule has 1 aliphatic carbocycles. The zero-order chi connectivity index (χ0) is 18.8. The molecule has 1 aromatic heterocycles. The van der Waals surface area contributed by atoms with E-state index in [2.05, 4.69) is 45.7 Å². The number of nitrogens with one attached hydrogen (secondary N) is 2. The van der Waals surface area contributed by atoms with Crippen molar-refractivity contribution in [1.29, 1.82) is 0 Å². The second-order valence-electron chi connectivity index (χ2n) is 7.32. The van der Waals surface area contributed by atoms with Crippen molar-refractivity contribution in [1.82, 2.24) is 9.88 Å². The average Bonchev–Trinajstić information content (AvgIpc) is 3.32. The summed E-state index contributed by atoms with van der Waals surface area (Å²) in [5, 5.41) is 6.20. The third-order valence-corrected chi connectivity index (χ3v) is 6.21. The van der Waals surface area contributed by atoms with E-state index >= 15 is 0 Å². The van der Waals surface area contributed by atoms with E-state index in [4.69, 9.17) is 23.8 Å². The number of fused-ring (bicyclic) bond motifs is 1. The Morgan fingerprint density at radius 1 is 1.22 bits per heavy atom. The normalized spacial score (nSPS) is 14.6. The van der Waals surface area contributed by atoms with E-state index in [1.807, 2.05) is 25.1 Å². The van der Waals surface area contributed by atoms with Crippen LogP contribution in [0.1, 0.15) is 36.8 Å². The number of benzene rings is 2. The lowest BCUT2D eigenvalue weighted by atomic mass is 10.1. The van der Waals surface area contributed by atoms with Crippen molar-refractivity contribution >= 4 is 45.5 Å². The van der Waals surface area contributed by atoms with Crippen molar-refractivity contribution in [3.05, 3.63) is 64.8 Å². The van der Waals surface area contributed by atoms with E-state index in [1.165, 1.54) is 42.1 Å². The van der Waals surface area contributed by atoms with Crippen molar-refractivity contribution in [3.63, 3.8) is 0 Å². The summed E-state index contributed by atoms with van der Waals surface area (Å²) in [4.78, 5) is 5.73. The Morgan fingerprint density at radius 3 is 2.78 bits per heavy atom. The van der Waals surface area contributed by atoms with E-state index in [1.54, 1.807) is 0 Å². The summed E-state index contributed by atoms with van der Waals surface area (Å²) in [7, 11) is 0. The number of H-pyrrole nitrogens is 1. The standard InChI is InChI=1S/C22H24ClN3S/c1-15-10-11-17(12-20(15)23)25-22(27)26(18-6-2-3-7-18)14-16-13-24-21-9-5-4-8-19(16)21/h4-5,8-13,18,24H,2-3,6-7,14H2,1H3,(H,25,27). The zero-order valence-corrected chi connectivity index (χ0v) is 17.0. The molecule has 1 heterocycles. The molecule has 1 aliphatic rings. The number of halogens is 1. The highest BCUT2D eigenvalue weighted by atomic mass is 35.5. The first-order valence-corrected chi connectivity index (χ1v) is 10.3. The number of aromatic nitrogens is 1. The van der Waals surface area contributed by atoms with Gasteiger partial charge in [0, 0.05) is 40.4 Å². The minimum absolute atomic E-state index is 0.486. The van der Waals surface area contributed by atoms with Gasteiger partial charge in [0.15, 0.2) is 5.11 Å². The van der Waals surface area contributed by atoms with Gasteiger partial charge in [-0.3, -0.25) is 0 Å². The molecule has 140 valence electrons.